The van der Waals surface area contributed by atoms with Gasteiger partial charge in [-0.25, -0.2) is 0 Å². The Morgan fingerprint density at radius 3 is 2.67 bits per heavy atom. The number of hydrogen-bond acceptors (Lipinski definition) is 1. The summed E-state index contributed by atoms with van der Waals surface area (Å²) >= 11 is 3.48. The zero-order valence-electron chi connectivity index (χ0n) is 9.76. The molecule has 0 saturated heterocycles. The van der Waals surface area contributed by atoms with Gasteiger partial charge in [-0.05, 0) is 37.0 Å². The van der Waals surface area contributed by atoms with Gasteiger partial charge >= 0.3 is 0 Å². The first-order valence-electron chi connectivity index (χ1n) is 5.49. The lowest BCUT2D eigenvalue weighted by Crippen LogP contribution is -2.44. The molecule has 1 rings (SSSR count). The van der Waals surface area contributed by atoms with Gasteiger partial charge in [0.2, 0.25) is 0 Å². The summed E-state index contributed by atoms with van der Waals surface area (Å²) < 4.78 is 1.12. The van der Waals surface area contributed by atoms with Crippen molar-refractivity contribution >= 4 is 15.9 Å². The van der Waals surface area contributed by atoms with E-state index in [9.17, 15) is 0 Å². The molecule has 0 aliphatic rings. The largest absolute Gasteiger partial charge is 0.325 e. The Balaban J connectivity index is 2.77. The molecular weight excluding hydrogens is 250 g/mol. The predicted octanol–water partition coefficient (Wildman–Crippen LogP) is 3.76. The van der Waals surface area contributed by atoms with Crippen LogP contribution in [0.15, 0.2) is 28.7 Å². The van der Waals surface area contributed by atoms with Crippen molar-refractivity contribution in [2.75, 3.05) is 0 Å². The molecule has 2 unspecified atom stereocenters. The molecule has 0 amide bonds. The normalized spacial score (nSPS) is 17.1. The van der Waals surface area contributed by atoms with Gasteiger partial charge in [0, 0.05) is 10.0 Å². The molecule has 0 fully saturated rings. The molecule has 84 valence electrons. The molecule has 0 aliphatic carbocycles. The minimum absolute atomic E-state index is 0.116. The summed E-state index contributed by atoms with van der Waals surface area (Å²) in [5, 5.41) is 0. The minimum Gasteiger partial charge on any atom is -0.325 e. The van der Waals surface area contributed by atoms with Crippen LogP contribution in [0.4, 0.5) is 0 Å². The van der Waals surface area contributed by atoms with E-state index in [4.69, 9.17) is 5.73 Å². The van der Waals surface area contributed by atoms with Crippen LogP contribution in [-0.2, 0) is 6.42 Å². The average molecular weight is 270 g/mol. The fraction of sp³-hybridized carbons (Fsp3) is 0.538. The van der Waals surface area contributed by atoms with Crippen LogP contribution in [0.2, 0.25) is 0 Å². The van der Waals surface area contributed by atoms with Gasteiger partial charge in [0.1, 0.15) is 0 Å². The van der Waals surface area contributed by atoms with Crippen LogP contribution in [-0.4, -0.2) is 5.54 Å². The molecule has 0 heterocycles. The second-order valence-electron chi connectivity index (χ2n) is 4.62. The summed E-state index contributed by atoms with van der Waals surface area (Å²) in [6, 6.07) is 8.39. The van der Waals surface area contributed by atoms with Crippen molar-refractivity contribution in [2.24, 2.45) is 11.7 Å². The minimum atomic E-state index is -0.116. The van der Waals surface area contributed by atoms with E-state index in [0.717, 1.165) is 17.3 Å². The van der Waals surface area contributed by atoms with Crippen LogP contribution >= 0.6 is 15.9 Å². The van der Waals surface area contributed by atoms with Gasteiger partial charge < -0.3 is 5.73 Å². The first-order valence-corrected chi connectivity index (χ1v) is 6.28. The lowest BCUT2D eigenvalue weighted by Gasteiger charge is -2.31. The third-order valence-corrected chi connectivity index (χ3v) is 3.71. The van der Waals surface area contributed by atoms with Crippen molar-refractivity contribution in [1.29, 1.82) is 0 Å². The number of hydrogen-bond donors (Lipinski definition) is 1. The third-order valence-electron chi connectivity index (χ3n) is 3.21. The zero-order chi connectivity index (χ0) is 11.5. The Bertz CT molecular complexity index is 320. The molecular formula is C13H20BrN. The quantitative estimate of drug-likeness (QED) is 0.885. The molecule has 0 radical (unpaired) electrons. The Morgan fingerprint density at radius 2 is 2.13 bits per heavy atom. The lowest BCUT2D eigenvalue weighted by atomic mass is 9.81. The van der Waals surface area contributed by atoms with Crippen LogP contribution in [0, 0.1) is 5.92 Å². The summed E-state index contributed by atoms with van der Waals surface area (Å²) in [5.74, 6) is 0.538. The van der Waals surface area contributed by atoms with E-state index in [1.54, 1.807) is 0 Å². The van der Waals surface area contributed by atoms with Gasteiger partial charge in [0.25, 0.3) is 0 Å². The van der Waals surface area contributed by atoms with Crippen molar-refractivity contribution in [1.82, 2.24) is 0 Å². The molecule has 1 nitrogen and oxygen atoms in total. The van der Waals surface area contributed by atoms with E-state index >= 15 is 0 Å². The fourth-order valence-electron chi connectivity index (χ4n) is 1.73. The summed E-state index contributed by atoms with van der Waals surface area (Å²) in [7, 11) is 0. The van der Waals surface area contributed by atoms with E-state index in [2.05, 4.69) is 54.9 Å². The smallest absolute Gasteiger partial charge is 0.0192 e. The molecule has 0 aliphatic heterocycles. The maximum Gasteiger partial charge on any atom is 0.0192 e. The Morgan fingerprint density at radius 1 is 1.47 bits per heavy atom. The highest BCUT2D eigenvalue weighted by atomic mass is 79.9. The van der Waals surface area contributed by atoms with Gasteiger partial charge in [-0.1, -0.05) is 48.3 Å². The highest BCUT2D eigenvalue weighted by molar-refractivity contribution is 9.10. The van der Waals surface area contributed by atoms with Crippen molar-refractivity contribution in [2.45, 2.75) is 39.2 Å². The maximum absolute atomic E-state index is 6.34. The van der Waals surface area contributed by atoms with Crippen LogP contribution in [0.3, 0.4) is 0 Å². The molecule has 2 heteroatoms. The monoisotopic (exact) mass is 269 g/mol. The zero-order valence-corrected chi connectivity index (χ0v) is 11.3. The van der Waals surface area contributed by atoms with E-state index in [-0.39, 0.29) is 5.54 Å². The van der Waals surface area contributed by atoms with Crippen molar-refractivity contribution in [3.8, 4) is 0 Å². The lowest BCUT2D eigenvalue weighted by molar-refractivity contribution is 0.306. The first-order chi connectivity index (χ1) is 6.95. The molecule has 0 bridgehead atoms. The molecule has 15 heavy (non-hydrogen) atoms. The molecule has 0 saturated carbocycles. The fourth-order valence-corrected chi connectivity index (χ4v) is 2.17. The number of benzene rings is 1. The summed E-state index contributed by atoms with van der Waals surface area (Å²) in [6.45, 7) is 6.55. The highest BCUT2D eigenvalue weighted by Gasteiger charge is 2.25. The van der Waals surface area contributed by atoms with Gasteiger partial charge in [-0.15, -0.1) is 0 Å². The second-order valence-corrected chi connectivity index (χ2v) is 5.54. The number of rotatable bonds is 4. The molecule has 2 atom stereocenters. The van der Waals surface area contributed by atoms with Gasteiger partial charge in [0.15, 0.2) is 0 Å². The SMILES string of the molecule is CCC(C)C(C)(N)Cc1cccc(Br)c1. The van der Waals surface area contributed by atoms with Crippen LogP contribution in [0.25, 0.3) is 0 Å². The molecule has 0 aromatic heterocycles. The maximum atomic E-state index is 6.34. The van der Waals surface area contributed by atoms with Gasteiger partial charge in [-0.3, -0.25) is 0 Å². The summed E-state index contributed by atoms with van der Waals surface area (Å²) in [4.78, 5) is 0. The van der Waals surface area contributed by atoms with Crippen LogP contribution in [0.1, 0.15) is 32.8 Å². The third kappa shape index (κ3) is 3.62. The van der Waals surface area contributed by atoms with E-state index < -0.39 is 0 Å². The van der Waals surface area contributed by atoms with E-state index in [0.29, 0.717) is 5.92 Å². The van der Waals surface area contributed by atoms with Gasteiger partial charge in [-0.2, -0.15) is 0 Å². The molecule has 2 N–H and O–H groups in total. The standard InChI is InChI=1S/C13H20BrN/c1-4-10(2)13(3,15)9-11-6-5-7-12(14)8-11/h5-8,10H,4,9,15H2,1-3H3. The first kappa shape index (κ1) is 12.7. The van der Waals surface area contributed by atoms with Gasteiger partial charge in [0.05, 0.1) is 0 Å². The van der Waals surface area contributed by atoms with E-state index in [1.807, 2.05) is 6.07 Å². The predicted molar refractivity (Wildman–Crippen MR) is 69.9 cm³/mol. The summed E-state index contributed by atoms with van der Waals surface area (Å²) in [6.07, 6.45) is 2.06. The Hall–Kier alpha value is -0.340. The van der Waals surface area contributed by atoms with Crippen molar-refractivity contribution in [3.05, 3.63) is 34.3 Å². The Kier molecular flexibility index (Phi) is 4.35. The average Bonchev–Trinajstić information content (AvgIpc) is 2.15. The summed E-state index contributed by atoms with van der Waals surface area (Å²) in [5.41, 5.74) is 7.52. The van der Waals surface area contributed by atoms with E-state index in [1.165, 1.54) is 5.56 Å². The van der Waals surface area contributed by atoms with Crippen LogP contribution in [0.5, 0.6) is 0 Å². The number of nitrogens with two attached hydrogens (primary N) is 1. The van der Waals surface area contributed by atoms with Crippen molar-refractivity contribution in [3.63, 3.8) is 0 Å². The molecule has 1 aromatic carbocycles. The highest BCUT2D eigenvalue weighted by Crippen LogP contribution is 2.23. The molecule has 1 aromatic rings. The van der Waals surface area contributed by atoms with Crippen LogP contribution < -0.4 is 5.73 Å². The van der Waals surface area contributed by atoms with Crippen molar-refractivity contribution < 1.29 is 0 Å². The number of halogens is 1. The molecule has 0 spiro atoms. The Labute approximate surface area is 101 Å². The second kappa shape index (κ2) is 5.13. The topological polar surface area (TPSA) is 26.0 Å².